The number of hydrogen-bond acceptors (Lipinski definition) is 8. The van der Waals surface area contributed by atoms with Crippen LogP contribution in [0, 0.1) is 27.7 Å². The second-order valence-electron chi connectivity index (χ2n) is 11.3. The number of carbonyl (C=O) groups is 1. The Hall–Kier alpha value is -3.59. The highest BCUT2D eigenvalue weighted by Gasteiger charge is 2.29. The molecule has 4 aromatic rings. The van der Waals surface area contributed by atoms with Gasteiger partial charge in [-0.3, -0.25) is 0 Å². The third kappa shape index (κ3) is 7.62. The Labute approximate surface area is 254 Å². The van der Waals surface area contributed by atoms with Crippen LogP contribution in [0.2, 0.25) is 0 Å². The van der Waals surface area contributed by atoms with Crippen LogP contribution in [0.25, 0.3) is 22.3 Å². The summed E-state index contributed by atoms with van der Waals surface area (Å²) in [6.45, 7) is 14.3. The number of nitrogens with one attached hydrogen (secondary N) is 1. The molecule has 2 heterocycles. The van der Waals surface area contributed by atoms with E-state index in [1.807, 2.05) is 13.0 Å². The van der Waals surface area contributed by atoms with Crippen LogP contribution in [-0.4, -0.2) is 40.6 Å². The van der Waals surface area contributed by atoms with Crippen LogP contribution >= 0.6 is 11.9 Å². The highest BCUT2D eigenvalue weighted by atomic mass is 32.2. The molecule has 0 aliphatic carbocycles. The summed E-state index contributed by atoms with van der Waals surface area (Å²) in [7, 11) is 1.00. The topological polar surface area (TPSA) is 98.8 Å². The van der Waals surface area contributed by atoms with Crippen molar-refractivity contribution in [3.8, 4) is 22.3 Å². The van der Waals surface area contributed by atoms with Crippen LogP contribution in [0.1, 0.15) is 54.3 Å². The van der Waals surface area contributed by atoms with Gasteiger partial charge in [-0.1, -0.05) is 53.0 Å². The van der Waals surface area contributed by atoms with E-state index < -0.39 is 5.60 Å². The number of aliphatic hydroxyl groups is 2. The molecule has 0 saturated carbocycles. The van der Waals surface area contributed by atoms with Crippen molar-refractivity contribution in [1.82, 2.24) is 5.16 Å². The summed E-state index contributed by atoms with van der Waals surface area (Å²) < 4.78 is 7.55. The first-order valence-corrected chi connectivity index (χ1v) is 15.1. The smallest absolute Gasteiger partial charge is 0.174 e. The van der Waals surface area contributed by atoms with E-state index in [1.165, 1.54) is 44.6 Å². The highest BCUT2D eigenvalue weighted by molar-refractivity contribution is 7.99. The first-order valence-electron chi connectivity index (χ1n) is 13.9. The molecule has 0 spiro atoms. The van der Waals surface area contributed by atoms with Gasteiger partial charge < -0.3 is 29.2 Å². The summed E-state index contributed by atoms with van der Waals surface area (Å²) in [5, 5.41) is 22.9. The van der Waals surface area contributed by atoms with Gasteiger partial charge in [0.1, 0.15) is 12.0 Å². The molecule has 3 N–H and O–H groups in total. The molecule has 0 atom stereocenters. The molecule has 7 nitrogen and oxygen atoms in total. The average Bonchev–Trinajstić information content (AvgIpc) is 3.35. The van der Waals surface area contributed by atoms with Crippen LogP contribution in [0.15, 0.2) is 53.1 Å². The van der Waals surface area contributed by atoms with Crippen LogP contribution in [0.3, 0.4) is 0 Å². The Morgan fingerprint density at radius 1 is 1.00 bits per heavy atom. The monoisotopic (exact) mass is 589 g/mol. The second-order valence-corrected chi connectivity index (χ2v) is 12.1. The number of aliphatic hydroxyl groups excluding tert-OH is 1. The number of aryl methyl sites for hydroxylation is 2. The minimum atomic E-state index is -0.500. The van der Waals surface area contributed by atoms with Crippen molar-refractivity contribution in [2.45, 2.75) is 67.0 Å². The number of aldehydes is 1. The maximum Gasteiger partial charge on any atom is 0.174 e. The molecule has 224 valence electrons. The molecular formula is C34H43N3O4S. The summed E-state index contributed by atoms with van der Waals surface area (Å²) >= 11 is 1.72. The van der Waals surface area contributed by atoms with Gasteiger partial charge in [0.05, 0.1) is 17.8 Å². The van der Waals surface area contributed by atoms with E-state index in [1.54, 1.807) is 32.7 Å². The van der Waals surface area contributed by atoms with E-state index in [-0.39, 0.29) is 0 Å². The lowest BCUT2D eigenvalue weighted by atomic mass is 9.81. The fraction of sp³-hybridized carbons (Fsp3) is 0.353. The Morgan fingerprint density at radius 3 is 2.19 bits per heavy atom. The summed E-state index contributed by atoms with van der Waals surface area (Å²) in [6.07, 6.45) is 3.53. The quantitative estimate of drug-likeness (QED) is 0.155. The fourth-order valence-corrected chi connectivity index (χ4v) is 5.83. The number of anilines is 3. The Balaban J connectivity index is 0.000000627. The van der Waals surface area contributed by atoms with E-state index in [4.69, 9.17) is 14.7 Å². The molecular weight excluding hydrogens is 546 g/mol. The van der Waals surface area contributed by atoms with Gasteiger partial charge in [-0.15, -0.1) is 0 Å². The lowest BCUT2D eigenvalue weighted by Crippen LogP contribution is -2.22. The minimum Gasteiger partial charge on any atom is -0.400 e. The Bertz CT molecular complexity index is 1520. The fourth-order valence-electron chi connectivity index (χ4n) is 5.15. The second kappa shape index (κ2) is 14.1. The van der Waals surface area contributed by atoms with Gasteiger partial charge in [0, 0.05) is 37.1 Å². The summed E-state index contributed by atoms with van der Waals surface area (Å²) in [5.41, 5.74) is 12.5. The van der Waals surface area contributed by atoms with Gasteiger partial charge in [-0.25, -0.2) is 0 Å². The molecule has 0 saturated heterocycles. The molecule has 0 fully saturated rings. The van der Waals surface area contributed by atoms with E-state index in [0.717, 1.165) is 42.5 Å². The zero-order valence-corrected chi connectivity index (χ0v) is 26.9. The normalized spacial score (nSPS) is 11.8. The largest absolute Gasteiger partial charge is 0.400 e. The van der Waals surface area contributed by atoms with E-state index >= 15 is 0 Å². The number of hydrogen-bond donors (Lipinski definition) is 3. The van der Waals surface area contributed by atoms with Crippen LogP contribution in [-0.2, 0) is 17.8 Å². The first-order chi connectivity index (χ1) is 19.9. The predicted octanol–water partition coefficient (Wildman–Crippen LogP) is 7.71. The van der Waals surface area contributed by atoms with E-state index in [0.29, 0.717) is 12.2 Å². The first kappa shape index (κ1) is 32.9. The third-order valence-electron chi connectivity index (χ3n) is 6.78. The molecule has 5 rings (SSSR count). The maximum absolute atomic E-state index is 11.7. The van der Waals surface area contributed by atoms with Crippen molar-refractivity contribution in [2.75, 3.05) is 23.0 Å². The molecule has 42 heavy (non-hydrogen) atoms. The zero-order valence-electron chi connectivity index (χ0n) is 26.1. The van der Waals surface area contributed by atoms with Crippen molar-refractivity contribution in [1.29, 1.82) is 0 Å². The zero-order chi connectivity index (χ0) is 31.2. The highest BCUT2D eigenvalue weighted by Crippen LogP contribution is 2.50. The van der Waals surface area contributed by atoms with Crippen molar-refractivity contribution in [2.24, 2.45) is 0 Å². The third-order valence-corrected chi connectivity index (χ3v) is 7.54. The lowest BCUT2D eigenvalue weighted by Gasteiger charge is -2.36. The van der Waals surface area contributed by atoms with Crippen molar-refractivity contribution in [3.05, 3.63) is 82.1 Å². The standard InChI is InChI=1S/C29H29N3O2S.C4H10O.CH4O/c1-17-6-8-21(9-7-17)27-20(4)28-25-11-10-23(30-26-14-18(2)34-31-26)15-22(25)16-32(35-5)29(28)19(3)24(27)12-13-33;1-4(2,3)5;1-2/h6-11,13-15H,12,16H2,1-5H3,(H,30,31);5H,1-3H3;2H,1H3. The van der Waals surface area contributed by atoms with Gasteiger partial charge in [-0.05, 0) is 99.5 Å². The number of nitrogens with zero attached hydrogens (tertiary/aromatic N) is 2. The summed E-state index contributed by atoms with van der Waals surface area (Å²) in [6, 6.07) is 17.0. The molecule has 0 radical (unpaired) electrons. The number of aromatic nitrogens is 1. The molecule has 8 heteroatoms. The molecule has 0 bridgehead atoms. The Kier molecular flexibility index (Phi) is 11.0. The molecule has 1 aromatic heterocycles. The van der Waals surface area contributed by atoms with Gasteiger partial charge in [-0.2, -0.15) is 0 Å². The number of carbonyl (C=O) groups excluding carboxylic acids is 1. The lowest BCUT2D eigenvalue weighted by molar-refractivity contribution is -0.107. The van der Waals surface area contributed by atoms with Gasteiger partial charge >= 0.3 is 0 Å². The molecule has 0 amide bonds. The Morgan fingerprint density at radius 2 is 1.64 bits per heavy atom. The molecule has 0 unspecified atom stereocenters. The number of fused-ring (bicyclic) bond motifs is 3. The molecule has 3 aromatic carbocycles. The minimum absolute atomic E-state index is 0.401. The van der Waals surface area contributed by atoms with Gasteiger partial charge in [0.25, 0.3) is 0 Å². The molecule has 1 aliphatic rings. The van der Waals surface area contributed by atoms with E-state index in [9.17, 15) is 4.79 Å². The summed E-state index contributed by atoms with van der Waals surface area (Å²) in [4.78, 5) is 11.7. The van der Waals surface area contributed by atoms with Gasteiger partial charge in [0.15, 0.2) is 5.82 Å². The predicted molar refractivity (Wildman–Crippen MR) is 176 cm³/mol. The van der Waals surface area contributed by atoms with Crippen molar-refractivity contribution in [3.63, 3.8) is 0 Å². The maximum atomic E-state index is 11.7. The average molecular weight is 590 g/mol. The van der Waals surface area contributed by atoms with E-state index in [2.05, 4.69) is 84.3 Å². The SMILES string of the molecule is CC(C)(C)O.CO.CSN1Cc2cc(Nc3cc(C)on3)ccc2-c2c(C)c(-c3ccc(C)cc3)c(CC=O)c(C)c21. The van der Waals surface area contributed by atoms with Crippen LogP contribution in [0.4, 0.5) is 17.2 Å². The van der Waals surface area contributed by atoms with Crippen LogP contribution < -0.4 is 9.62 Å². The molecule has 1 aliphatic heterocycles. The summed E-state index contributed by atoms with van der Waals surface area (Å²) in [5.74, 6) is 1.47. The number of benzene rings is 3. The van der Waals surface area contributed by atoms with Crippen molar-refractivity contribution < 1.29 is 19.5 Å². The van der Waals surface area contributed by atoms with Crippen LogP contribution in [0.5, 0.6) is 0 Å². The number of rotatable bonds is 6. The van der Waals surface area contributed by atoms with Gasteiger partial charge in [0.2, 0.25) is 0 Å². The van der Waals surface area contributed by atoms with Crippen molar-refractivity contribution >= 4 is 35.4 Å².